The minimum absolute atomic E-state index is 0.205. The van der Waals surface area contributed by atoms with Crippen LogP contribution in [0.15, 0.2) is 78.9 Å². The summed E-state index contributed by atoms with van der Waals surface area (Å²) in [5.41, 5.74) is 1.34. The van der Waals surface area contributed by atoms with Crippen LogP contribution in [0.5, 0.6) is 11.5 Å². The third-order valence-electron chi connectivity index (χ3n) is 4.52. The van der Waals surface area contributed by atoms with Crippen LogP contribution >= 0.6 is 0 Å². The molecule has 0 fully saturated rings. The number of hydrogen-bond donors (Lipinski definition) is 1. The second-order valence-electron chi connectivity index (χ2n) is 6.87. The summed E-state index contributed by atoms with van der Waals surface area (Å²) in [7, 11) is 1.55. The molecule has 0 radical (unpaired) electrons. The maximum Gasteiger partial charge on any atom is 0.338 e. The van der Waals surface area contributed by atoms with Crippen LogP contribution in [0.25, 0.3) is 0 Å². The predicted molar refractivity (Wildman–Crippen MR) is 119 cm³/mol. The van der Waals surface area contributed by atoms with Gasteiger partial charge in [0.1, 0.15) is 11.5 Å². The molecule has 0 aliphatic heterocycles. The molecule has 0 bridgehead atoms. The van der Waals surface area contributed by atoms with Crippen molar-refractivity contribution in [2.24, 2.45) is 0 Å². The van der Waals surface area contributed by atoms with Crippen LogP contribution in [0, 0.1) is 0 Å². The molecule has 0 heterocycles. The van der Waals surface area contributed by atoms with Crippen molar-refractivity contribution in [2.45, 2.75) is 13.0 Å². The van der Waals surface area contributed by atoms with Crippen molar-refractivity contribution in [3.05, 3.63) is 90.0 Å². The van der Waals surface area contributed by atoms with Crippen molar-refractivity contribution >= 4 is 23.3 Å². The number of esters is 1. The van der Waals surface area contributed by atoms with Gasteiger partial charge in [0.2, 0.25) is 5.78 Å². The van der Waals surface area contributed by atoms with Gasteiger partial charge in [0.15, 0.2) is 12.7 Å². The summed E-state index contributed by atoms with van der Waals surface area (Å²) in [6, 6.07) is 21.7. The summed E-state index contributed by atoms with van der Waals surface area (Å²) in [5.74, 6) is -0.193. The van der Waals surface area contributed by atoms with Crippen LogP contribution < -0.4 is 14.8 Å². The molecule has 1 amide bonds. The first-order chi connectivity index (χ1) is 15.5. The minimum atomic E-state index is -0.916. The number of benzene rings is 3. The average molecular weight is 433 g/mol. The number of ether oxygens (including phenoxy) is 3. The molecule has 3 aromatic rings. The zero-order valence-corrected chi connectivity index (χ0v) is 17.7. The molecule has 1 atom stereocenters. The van der Waals surface area contributed by atoms with Crippen molar-refractivity contribution in [3.63, 3.8) is 0 Å². The highest BCUT2D eigenvalue weighted by molar-refractivity contribution is 6.01. The maximum absolute atomic E-state index is 12.3. The summed E-state index contributed by atoms with van der Waals surface area (Å²) in [4.78, 5) is 36.8. The topological polar surface area (TPSA) is 90.9 Å². The summed E-state index contributed by atoms with van der Waals surface area (Å²) in [5, 5.41) is 2.71. The van der Waals surface area contributed by atoms with Crippen molar-refractivity contribution in [1.82, 2.24) is 0 Å². The van der Waals surface area contributed by atoms with E-state index >= 15 is 0 Å². The minimum Gasteiger partial charge on any atom is -0.497 e. The number of carbonyl (C=O) groups is 3. The van der Waals surface area contributed by atoms with Crippen molar-refractivity contribution in [1.29, 1.82) is 0 Å². The summed E-state index contributed by atoms with van der Waals surface area (Å²) < 4.78 is 15.8. The normalized spacial score (nSPS) is 11.2. The molecule has 0 aliphatic rings. The van der Waals surface area contributed by atoms with Gasteiger partial charge < -0.3 is 19.5 Å². The average Bonchev–Trinajstić information content (AvgIpc) is 2.83. The largest absolute Gasteiger partial charge is 0.497 e. The number of Topliss-reactive ketones (excluding diaryl/α,β-unsaturated/α-hetero) is 1. The quantitative estimate of drug-likeness (QED) is 0.403. The highest BCUT2D eigenvalue weighted by atomic mass is 16.5. The number of nitrogens with one attached hydrogen (secondary N) is 1. The third-order valence-corrected chi connectivity index (χ3v) is 4.52. The van der Waals surface area contributed by atoms with E-state index in [1.54, 1.807) is 73.8 Å². The van der Waals surface area contributed by atoms with E-state index in [-0.39, 0.29) is 23.9 Å². The van der Waals surface area contributed by atoms with Gasteiger partial charge in [-0.15, -0.1) is 0 Å². The van der Waals surface area contributed by atoms with E-state index in [0.717, 1.165) is 0 Å². The smallest absolute Gasteiger partial charge is 0.338 e. The Labute approximate surface area is 185 Å². The predicted octanol–water partition coefficient (Wildman–Crippen LogP) is 4.14. The first-order valence-electron chi connectivity index (χ1n) is 9.93. The number of amides is 1. The van der Waals surface area contributed by atoms with Crippen molar-refractivity contribution in [3.8, 4) is 11.5 Å². The molecule has 0 spiro atoms. The molecule has 164 valence electrons. The SMILES string of the molecule is COc1cccc(NC(=O)COc2ccc(C(=O)OC(C)C(=O)c3ccccc3)cc2)c1. The zero-order chi connectivity index (χ0) is 22.9. The Bertz CT molecular complexity index is 1080. The first-order valence-corrected chi connectivity index (χ1v) is 9.93. The molecular formula is C25H23NO6. The molecule has 7 heteroatoms. The second-order valence-corrected chi connectivity index (χ2v) is 6.87. The summed E-state index contributed by atoms with van der Waals surface area (Å²) >= 11 is 0. The van der Waals surface area contributed by atoms with Crippen LogP contribution in [0.3, 0.4) is 0 Å². The van der Waals surface area contributed by atoms with Gasteiger partial charge in [-0.2, -0.15) is 0 Å². The number of carbonyl (C=O) groups excluding carboxylic acids is 3. The fourth-order valence-electron chi connectivity index (χ4n) is 2.85. The van der Waals surface area contributed by atoms with Crippen LogP contribution in [0.2, 0.25) is 0 Å². The lowest BCUT2D eigenvalue weighted by molar-refractivity contribution is -0.118. The molecule has 0 saturated heterocycles. The molecule has 32 heavy (non-hydrogen) atoms. The molecule has 7 nitrogen and oxygen atoms in total. The van der Waals surface area contributed by atoms with Crippen LogP contribution in [-0.4, -0.2) is 37.5 Å². The Hall–Kier alpha value is -4.13. The zero-order valence-electron chi connectivity index (χ0n) is 17.7. The van der Waals surface area contributed by atoms with E-state index < -0.39 is 12.1 Å². The standard InChI is InChI=1S/C25H23NO6/c1-17(24(28)18-7-4-3-5-8-18)32-25(29)19-11-13-21(14-12-19)31-16-23(27)26-20-9-6-10-22(15-20)30-2/h3-15,17H,16H2,1-2H3,(H,26,27). The molecular weight excluding hydrogens is 410 g/mol. The number of rotatable bonds is 9. The second kappa shape index (κ2) is 10.8. The van der Waals surface area contributed by atoms with E-state index in [0.29, 0.717) is 22.7 Å². The third kappa shape index (κ3) is 6.18. The van der Waals surface area contributed by atoms with Crippen LogP contribution in [0.4, 0.5) is 5.69 Å². The molecule has 1 unspecified atom stereocenters. The number of methoxy groups -OCH3 is 1. The van der Waals surface area contributed by atoms with Crippen LogP contribution in [0.1, 0.15) is 27.6 Å². The van der Waals surface area contributed by atoms with Gasteiger partial charge in [0, 0.05) is 17.3 Å². The lowest BCUT2D eigenvalue weighted by atomic mass is 10.1. The Morgan fingerprint density at radius 1 is 0.844 bits per heavy atom. The number of ketones is 1. The van der Waals surface area contributed by atoms with Gasteiger partial charge in [0.05, 0.1) is 12.7 Å². The molecule has 0 aromatic heterocycles. The highest BCUT2D eigenvalue weighted by Gasteiger charge is 2.20. The van der Waals surface area contributed by atoms with Crippen molar-refractivity contribution < 1.29 is 28.6 Å². The van der Waals surface area contributed by atoms with E-state index in [4.69, 9.17) is 14.2 Å². The van der Waals surface area contributed by atoms with Crippen molar-refractivity contribution in [2.75, 3.05) is 19.0 Å². The van der Waals surface area contributed by atoms with Gasteiger partial charge in [-0.1, -0.05) is 36.4 Å². The lowest BCUT2D eigenvalue weighted by Crippen LogP contribution is -2.24. The van der Waals surface area contributed by atoms with E-state index in [2.05, 4.69) is 5.32 Å². The molecule has 3 rings (SSSR count). The van der Waals surface area contributed by atoms with Gasteiger partial charge >= 0.3 is 5.97 Å². The maximum atomic E-state index is 12.3. The highest BCUT2D eigenvalue weighted by Crippen LogP contribution is 2.17. The van der Waals surface area contributed by atoms with E-state index in [1.807, 2.05) is 0 Å². The van der Waals surface area contributed by atoms with Gasteiger partial charge in [-0.05, 0) is 43.3 Å². The first kappa shape index (κ1) is 22.6. The molecule has 0 saturated carbocycles. The van der Waals surface area contributed by atoms with Gasteiger partial charge in [-0.3, -0.25) is 9.59 Å². The van der Waals surface area contributed by atoms with E-state index in [1.165, 1.54) is 19.1 Å². The fourth-order valence-corrected chi connectivity index (χ4v) is 2.85. The Balaban J connectivity index is 1.50. The van der Waals surface area contributed by atoms with Gasteiger partial charge in [-0.25, -0.2) is 4.79 Å². The molecule has 1 N–H and O–H groups in total. The summed E-state index contributed by atoms with van der Waals surface area (Å²) in [6.45, 7) is 1.33. The number of anilines is 1. The Kier molecular flexibility index (Phi) is 7.59. The van der Waals surface area contributed by atoms with Gasteiger partial charge in [0.25, 0.3) is 5.91 Å². The van der Waals surface area contributed by atoms with E-state index in [9.17, 15) is 14.4 Å². The Morgan fingerprint density at radius 3 is 2.25 bits per heavy atom. The number of hydrogen-bond acceptors (Lipinski definition) is 6. The summed E-state index contributed by atoms with van der Waals surface area (Å²) in [6.07, 6.45) is -0.916. The fraction of sp³-hybridized carbons (Fsp3) is 0.160. The lowest BCUT2D eigenvalue weighted by Gasteiger charge is -2.13. The van der Waals surface area contributed by atoms with Crippen LogP contribution in [-0.2, 0) is 9.53 Å². The molecule has 3 aromatic carbocycles. The molecule has 0 aliphatic carbocycles. The Morgan fingerprint density at radius 2 is 1.56 bits per heavy atom. The monoisotopic (exact) mass is 433 g/mol.